The molecule has 5 nitrogen and oxygen atoms in total. The summed E-state index contributed by atoms with van der Waals surface area (Å²) in [4.78, 5) is 13.7. The van der Waals surface area contributed by atoms with Crippen molar-refractivity contribution in [3.05, 3.63) is 23.5 Å². The van der Waals surface area contributed by atoms with Gasteiger partial charge in [0.25, 0.3) is 0 Å². The highest BCUT2D eigenvalue weighted by molar-refractivity contribution is 6.62. The molecule has 26 heavy (non-hydrogen) atoms. The van der Waals surface area contributed by atoms with Crippen molar-refractivity contribution in [3.8, 4) is 0 Å². The molecule has 3 rings (SSSR count). The second-order valence-electron chi connectivity index (χ2n) is 8.30. The first-order valence-electron chi connectivity index (χ1n) is 9.09. The first-order valence-corrected chi connectivity index (χ1v) is 9.09. The number of benzene rings is 1. The highest BCUT2D eigenvalue weighted by Gasteiger charge is 2.52. The van der Waals surface area contributed by atoms with Crippen LogP contribution in [0.2, 0.25) is 0 Å². The third-order valence-corrected chi connectivity index (χ3v) is 5.54. The number of halogens is 1. The van der Waals surface area contributed by atoms with Gasteiger partial charge in [-0.2, -0.15) is 0 Å². The van der Waals surface area contributed by atoms with E-state index in [9.17, 15) is 9.18 Å². The molecule has 7 heteroatoms. The number of carbonyl (C=O) groups excluding carboxylic acids is 1. The molecule has 1 aromatic rings. The summed E-state index contributed by atoms with van der Waals surface area (Å²) in [6.45, 7) is 12.8. The Balaban J connectivity index is 1.95. The quantitative estimate of drug-likeness (QED) is 0.610. The van der Waals surface area contributed by atoms with Crippen molar-refractivity contribution < 1.29 is 23.2 Å². The zero-order chi connectivity index (χ0) is 19.3. The lowest BCUT2D eigenvalue weighted by Crippen LogP contribution is -2.46. The molecule has 1 aromatic carbocycles. The molecule has 2 unspecified atom stereocenters. The maximum atomic E-state index is 14.9. The van der Waals surface area contributed by atoms with Crippen LogP contribution in [0.15, 0.2) is 12.1 Å². The monoisotopic (exact) mass is 363 g/mol. The van der Waals surface area contributed by atoms with Gasteiger partial charge in [0.2, 0.25) is 0 Å². The summed E-state index contributed by atoms with van der Waals surface area (Å²) in [6.07, 6.45) is 0.794. The molecule has 2 aliphatic rings. The van der Waals surface area contributed by atoms with Crippen LogP contribution < -0.4 is 10.4 Å². The normalized spacial score (nSPS) is 27.7. The molecule has 0 N–H and O–H groups in total. The zero-order valence-corrected chi connectivity index (χ0v) is 16.3. The molecule has 2 atom stereocenters. The van der Waals surface area contributed by atoms with Crippen LogP contribution >= 0.6 is 0 Å². The summed E-state index contributed by atoms with van der Waals surface area (Å²) in [6, 6.07) is 2.96. The SMILES string of the molecule is CC1CN(c2cc(F)c(B3OC(C)(C)C(C)(C)O3)cc2C=O)CC(C)O1. The summed E-state index contributed by atoms with van der Waals surface area (Å²) in [5.41, 5.74) is 0.124. The minimum atomic E-state index is -0.838. The number of hydrogen-bond donors (Lipinski definition) is 0. The average molecular weight is 363 g/mol. The van der Waals surface area contributed by atoms with Gasteiger partial charge in [-0.05, 0) is 53.7 Å². The molecule has 2 aliphatic heterocycles. The van der Waals surface area contributed by atoms with Crippen molar-refractivity contribution in [3.63, 3.8) is 0 Å². The Hall–Kier alpha value is -1.44. The number of morpholine rings is 1. The van der Waals surface area contributed by atoms with Gasteiger partial charge in [-0.1, -0.05) is 0 Å². The van der Waals surface area contributed by atoms with E-state index in [4.69, 9.17) is 14.0 Å². The van der Waals surface area contributed by atoms with Crippen LogP contribution in [0.3, 0.4) is 0 Å². The molecule has 142 valence electrons. The second kappa shape index (κ2) is 6.62. The number of nitrogens with zero attached hydrogens (tertiary/aromatic N) is 1. The average Bonchev–Trinajstić information content (AvgIpc) is 2.74. The van der Waals surface area contributed by atoms with Gasteiger partial charge >= 0.3 is 7.12 Å². The van der Waals surface area contributed by atoms with Gasteiger partial charge in [0.15, 0.2) is 6.29 Å². The van der Waals surface area contributed by atoms with Crippen molar-refractivity contribution in [1.82, 2.24) is 0 Å². The highest BCUT2D eigenvalue weighted by atomic mass is 19.1. The Labute approximate surface area is 154 Å². The Morgan fingerprint density at radius 2 is 1.65 bits per heavy atom. The van der Waals surface area contributed by atoms with Crippen LogP contribution in [-0.4, -0.2) is 49.9 Å². The molecule has 0 bridgehead atoms. The van der Waals surface area contributed by atoms with E-state index < -0.39 is 24.1 Å². The van der Waals surface area contributed by atoms with Gasteiger partial charge in [0.05, 0.1) is 29.1 Å². The van der Waals surface area contributed by atoms with Gasteiger partial charge in [-0.3, -0.25) is 4.79 Å². The van der Waals surface area contributed by atoms with E-state index in [0.717, 1.165) is 6.29 Å². The fourth-order valence-corrected chi connectivity index (χ4v) is 3.49. The van der Waals surface area contributed by atoms with E-state index in [0.29, 0.717) is 24.3 Å². The van der Waals surface area contributed by atoms with Gasteiger partial charge in [-0.15, -0.1) is 0 Å². The Bertz CT molecular complexity index is 683. The largest absolute Gasteiger partial charge is 0.497 e. The van der Waals surface area contributed by atoms with Crippen LogP contribution in [0.5, 0.6) is 0 Å². The number of ether oxygens (including phenoxy) is 1. The van der Waals surface area contributed by atoms with Gasteiger partial charge in [0.1, 0.15) is 5.82 Å². The lowest BCUT2D eigenvalue weighted by atomic mass is 9.77. The maximum Gasteiger partial charge on any atom is 0.497 e. The first-order chi connectivity index (χ1) is 12.0. The third-order valence-electron chi connectivity index (χ3n) is 5.54. The number of anilines is 1. The summed E-state index contributed by atoms with van der Waals surface area (Å²) in [5.74, 6) is -0.434. The minimum Gasteiger partial charge on any atom is -0.399 e. The minimum absolute atomic E-state index is 0.0177. The van der Waals surface area contributed by atoms with Gasteiger partial charge < -0.3 is 18.9 Å². The Kier molecular flexibility index (Phi) is 4.92. The van der Waals surface area contributed by atoms with E-state index in [1.807, 2.05) is 46.4 Å². The van der Waals surface area contributed by atoms with E-state index in [2.05, 4.69) is 0 Å². The summed E-state index contributed by atoms with van der Waals surface area (Å²) < 4.78 is 32.5. The fourth-order valence-electron chi connectivity index (χ4n) is 3.49. The number of aldehydes is 1. The number of hydrogen-bond acceptors (Lipinski definition) is 5. The van der Waals surface area contributed by atoms with Crippen LogP contribution in [0.25, 0.3) is 0 Å². The predicted molar refractivity (Wildman–Crippen MR) is 99.7 cm³/mol. The van der Waals surface area contributed by atoms with E-state index >= 15 is 0 Å². The maximum absolute atomic E-state index is 14.9. The van der Waals surface area contributed by atoms with Crippen molar-refractivity contribution >= 4 is 24.6 Å². The lowest BCUT2D eigenvalue weighted by molar-refractivity contribution is -0.00527. The lowest BCUT2D eigenvalue weighted by Gasteiger charge is -2.37. The topological polar surface area (TPSA) is 48.0 Å². The Morgan fingerprint density at radius 3 is 2.15 bits per heavy atom. The second-order valence-corrected chi connectivity index (χ2v) is 8.30. The van der Waals surface area contributed by atoms with E-state index in [-0.39, 0.29) is 17.7 Å². The fraction of sp³-hybridized carbons (Fsp3) is 0.632. The number of carbonyl (C=O) groups is 1. The smallest absolute Gasteiger partial charge is 0.399 e. The number of rotatable bonds is 3. The zero-order valence-electron chi connectivity index (χ0n) is 16.3. The highest BCUT2D eigenvalue weighted by Crippen LogP contribution is 2.37. The molecule has 0 saturated carbocycles. The standard InChI is InChI=1S/C19H27BFNO4/c1-12-9-22(10-13(2)24-12)17-8-16(21)15(7-14(17)11-23)20-25-18(3,4)19(5,6)26-20/h7-8,11-13H,9-10H2,1-6H3. The molecule has 2 fully saturated rings. The molecule has 0 radical (unpaired) electrons. The molecular formula is C19H27BFNO4. The molecule has 0 amide bonds. The van der Waals surface area contributed by atoms with Crippen molar-refractivity contribution in [2.45, 2.75) is 65.0 Å². The molecule has 2 saturated heterocycles. The Morgan fingerprint density at radius 1 is 1.12 bits per heavy atom. The van der Waals surface area contributed by atoms with Crippen LogP contribution in [-0.2, 0) is 14.0 Å². The summed E-state index contributed by atoms with van der Waals surface area (Å²) >= 11 is 0. The van der Waals surface area contributed by atoms with Gasteiger partial charge in [-0.25, -0.2) is 4.39 Å². The summed E-state index contributed by atoms with van der Waals surface area (Å²) in [7, 11) is -0.838. The molecule has 2 heterocycles. The van der Waals surface area contributed by atoms with Gasteiger partial charge in [0, 0.05) is 24.1 Å². The molecule has 0 spiro atoms. The van der Waals surface area contributed by atoms with Crippen molar-refractivity contribution in [2.24, 2.45) is 0 Å². The van der Waals surface area contributed by atoms with E-state index in [1.54, 1.807) is 6.07 Å². The van der Waals surface area contributed by atoms with Crippen molar-refractivity contribution in [1.29, 1.82) is 0 Å². The molecular weight excluding hydrogens is 336 g/mol. The van der Waals surface area contributed by atoms with Crippen LogP contribution in [0.4, 0.5) is 10.1 Å². The van der Waals surface area contributed by atoms with E-state index in [1.165, 1.54) is 6.07 Å². The molecule has 0 aromatic heterocycles. The van der Waals surface area contributed by atoms with Crippen molar-refractivity contribution in [2.75, 3.05) is 18.0 Å². The van der Waals surface area contributed by atoms with Crippen LogP contribution in [0.1, 0.15) is 51.9 Å². The van der Waals surface area contributed by atoms with Crippen LogP contribution in [0, 0.1) is 5.82 Å². The molecule has 0 aliphatic carbocycles. The summed E-state index contributed by atoms with van der Waals surface area (Å²) in [5, 5.41) is 0. The third kappa shape index (κ3) is 3.40. The first kappa shape index (κ1) is 19.3. The predicted octanol–water partition coefficient (Wildman–Crippen LogP) is 2.55.